The molecule has 0 radical (unpaired) electrons. The van der Waals surface area contributed by atoms with E-state index in [-0.39, 0.29) is 34.2 Å². The first-order valence-electron chi connectivity index (χ1n) is 13.4. The lowest BCUT2D eigenvalue weighted by Crippen LogP contribution is -2.65. The first-order chi connectivity index (χ1) is 17.4. The Morgan fingerprint density at radius 2 is 1.70 bits per heavy atom. The lowest BCUT2D eigenvalue weighted by molar-refractivity contribution is -0.0574. The highest BCUT2D eigenvalue weighted by atomic mass is 28.5. The number of H-pyrrole nitrogens is 1. The van der Waals surface area contributed by atoms with Gasteiger partial charge in [0.25, 0.3) is 5.56 Å². The second kappa shape index (κ2) is 12.0. The molecule has 0 bridgehead atoms. The Morgan fingerprint density at radius 1 is 1.08 bits per heavy atom. The van der Waals surface area contributed by atoms with E-state index >= 15 is 0 Å². The van der Waals surface area contributed by atoms with E-state index in [1.807, 2.05) is 0 Å². The molecule has 2 aliphatic heterocycles. The van der Waals surface area contributed by atoms with Crippen molar-refractivity contribution in [1.29, 1.82) is 0 Å². The fourth-order valence-corrected chi connectivity index (χ4v) is 17.1. The molecule has 1 N–H and O–H groups in total. The van der Waals surface area contributed by atoms with Gasteiger partial charge in [0, 0.05) is 29.6 Å². The van der Waals surface area contributed by atoms with Gasteiger partial charge in [0.1, 0.15) is 12.3 Å². The van der Waals surface area contributed by atoms with Gasteiger partial charge in [-0.15, -0.1) is 0 Å². The molecular formula is C24H43N5O6Si2. The fourth-order valence-electron chi connectivity index (χ4n) is 5.88. The van der Waals surface area contributed by atoms with Gasteiger partial charge >= 0.3 is 22.8 Å². The minimum absolute atomic E-state index is 0.151. The number of azide groups is 1. The summed E-state index contributed by atoms with van der Waals surface area (Å²) in [7, 11) is -5.62. The highest BCUT2D eigenvalue weighted by Crippen LogP contribution is 2.50. The van der Waals surface area contributed by atoms with Crippen LogP contribution in [0.3, 0.4) is 0 Å². The Balaban J connectivity index is 2.13. The third kappa shape index (κ3) is 5.82. The standard InChI is InChI=1S/C24H43N5O6Si2/c1-15(2)36(16(3)4)32-14-20-22(34-37(35-36,17(5)6)18(7)8)19(10-9-12-26-28-25)23(33-20)29-13-11-21(30)27-24(29)31/h11,13,15-20,22-23H,9-10,12,14H2,1-8H3,(H,27,30,31)/t19-,20-,22+,23-/m1/s1. The van der Waals surface area contributed by atoms with E-state index < -0.39 is 40.7 Å². The molecular weight excluding hydrogens is 510 g/mol. The molecule has 0 saturated carbocycles. The van der Waals surface area contributed by atoms with Crippen LogP contribution < -0.4 is 11.2 Å². The maximum Gasteiger partial charge on any atom is 0.335 e. The zero-order chi connectivity index (χ0) is 27.5. The number of hydrogen-bond donors (Lipinski definition) is 1. The van der Waals surface area contributed by atoms with E-state index in [2.05, 4.69) is 70.4 Å². The van der Waals surface area contributed by atoms with Crippen LogP contribution >= 0.6 is 0 Å². The van der Waals surface area contributed by atoms with Crippen molar-refractivity contribution < 1.29 is 17.7 Å². The molecule has 0 spiro atoms. The van der Waals surface area contributed by atoms with Gasteiger partial charge in [-0.05, 0) is 40.5 Å². The normalized spacial score (nSPS) is 27.2. The Hall–Kier alpha value is -1.74. The topological polar surface area (TPSA) is 141 Å². The Morgan fingerprint density at radius 3 is 2.24 bits per heavy atom. The van der Waals surface area contributed by atoms with E-state index in [0.717, 1.165) is 0 Å². The molecule has 3 heterocycles. The maximum absolute atomic E-state index is 12.8. The van der Waals surface area contributed by atoms with E-state index in [1.165, 1.54) is 16.8 Å². The molecule has 1 aromatic rings. The average Bonchev–Trinajstić information content (AvgIpc) is 3.12. The molecule has 208 valence electrons. The van der Waals surface area contributed by atoms with Gasteiger partial charge in [-0.3, -0.25) is 14.3 Å². The predicted octanol–water partition coefficient (Wildman–Crippen LogP) is 5.10. The molecule has 2 fully saturated rings. The van der Waals surface area contributed by atoms with Crippen LogP contribution in [0.2, 0.25) is 22.2 Å². The second-order valence-corrected chi connectivity index (χ2v) is 20.2. The molecule has 0 aromatic carbocycles. The van der Waals surface area contributed by atoms with E-state index in [4.69, 9.17) is 23.2 Å². The minimum Gasteiger partial charge on any atom is -0.414 e. The average molecular weight is 554 g/mol. The summed E-state index contributed by atoms with van der Waals surface area (Å²) in [6.07, 6.45) is 1.24. The number of hydrogen-bond acceptors (Lipinski definition) is 7. The van der Waals surface area contributed by atoms with Crippen molar-refractivity contribution in [2.75, 3.05) is 13.2 Å². The van der Waals surface area contributed by atoms with Crippen molar-refractivity contribution in [2.24, 2.45) is 11.0 Å². The van der Waals surface area contributed by atoms with Gasteiger partial charge in [-0.2, -0.15) is 0 Å². The SMILES string of the molecule is CC(C)[Si]1(C(C)C)OC[C@H]2O[C@@H](n3ccc(=O)[nH]c3=O)[C@H](CCCN=[N+]=[N-])[C@@H]2O[Si](C(C)C)(C(C)C)O1. The van der Waals surface area contributed by atoms with Crippen LogP contribution in [0.15, 0.2) is 27.0 Å². The van der Waals surface area contributed by atoms with Gasteiger partial charge in [0.2, 0.25) is 0 Å². The quantitative estimate of drug-likeness (QED) is 0.148. The van der Waals surface area contributed by atoms with Crippen LogP contribution in [0.1, 0.15) is 74.5 Å². The zero-order valence-electron chi connectivity index (χ0n) is 23.3. The molecule has 1 aromatic heterocycles. The van der Waals surface area contributed by atoms with E-state index in [0.29, 0.717) is 26.0 Å². The molecule has 0 aliphatic carbocycles. The highest BCUT2D eigenvalue weighted by molar-refractivity contribution is 6.83. The van der Waals surface area contributed by atoms with Crippen molar-refractivity contribution in [3.63, 3.8) is 0 Å². The molecule has 37 heavy (non-hydrogen) atoms. The number of ether oxygens (including phenoxy) is 1. The number of fused-ring (bicyclic) bond motifs is 1. The Labute approximate surface area is 221 Å². The molecule has 13 heteroatoms. The number of aromatic amines is 1. The summed E-state index contributed by atoms with van der Waals surface area (Å²) in [5.74, 6) is -0.230. The summed E-state index contributed by atoms with van der Waals surface area (Å²) in [4.78, 5) is 29.8. The van der Waals surface area contributed by atoms with E-state index in [1.54, 1.807) is 0 Å². The molecule has 4 atom stereocenters. The largest absolute Gasteiger partial charge is 0.414 e. The summed E-state index contributed by atoms with van der Waals surface area (Å²) in [6, 6.07) is 1.32. The van der Waals surface area contributed by atoms with Crippen LogP contribution in [0.25, 0.3) is 10.4 Å². The maximum atomic E-state index is 12.8. The lowest BCUT2D eigenvalue weighted by Gasteiger charge is -2.51. The number of nitrogens with zero attached hydrogens (tertiary/aromatic N) is 4. The van der Waals surface area contributed by atoms with Crippen molar-refractivity contribution in [3.05, 3.63) is 43.5 Å². The van der Waals surface area contributed by atoms with Gasteiger partial charge in [0.05, 0.1) is 12.7 Å². The summed E-state index contributed by atoms with van der Waals surface area (Å²) in [5, 5.41) is 3.69. The summed E-state index contributed by atoms with van der Waals surface area (Å²) in [6.45, 7) is 18.0. The van der Waals surface area contributed by atoms with Crippen LogP contribution in [0.4, 0.5) is 0 Å². The predicted molar refractivity (Wildman–Crippen MR) is 146 cm³/mol. The molecule has 0 unspecified atom stereocenters. The summed E-state index contributed by atoms with van der Waals surface area (Å²) >= 11 is 0. The minimum atomic E-state index is -2.89. The van der Waals surface area contributed by atoms with Crippen LogP contribution in [-0.4, -0.2) is 52.0 Å². The number of nitrogens with one attached hydrogen (secondary N) is 1. The van der Waals surface area contributed by atoms with Gasteiger partial charge in [0.15, 0.2) is 0 Å². The third-order valence-corrected chi connectivity index (χ3v) is 18.0. The highest BCUT2D eigenvalue weighted by Gasteiger charge is 2.61. The molecule has 11 nitrogen and oxygen atoms in total. The van der Waals surface area contributed by atoms with Crippen molar-refractivity contribution in [2.45, 2.75) is 109 Å². The first kappa shape index (κ1) is 29.8. The molecule has 3 rings (SSSR count). The zero-order valence-corrected chi connectivity index (χ0v) is 25.3. The molecule has 2 saturated heterocycles. The van der Waals surface area contributed by atoms with Gasteiger partial charge in [-0.25, -0.2) is 4.79 Å². The summed E-state index contributed by atoms with van der Waals surface area (Å²) in [5.41, 5.74) is 8.45. The fraction of sp³-hybridized carbons (Fsp3) is 0.833. The second-order valence-electron chi connectivity index (χ2n) is 11.4. The summed E-state index contributed by atoms with van der Waals surface area (Å²) < 4.78 is 29.3. The van der Waals surface area contributed by atoms with Crippen molar-refractivity contribution in [3.8, 4) is 0 Å². The van der Waals surface area contributed by atoms with Crippen LogP contribution in [0.5, 0.6) is 0 Å². The number of aromatic nitrogens is 2. The molecule has 0 amide bonds. The monoisotopic (exact) mass is 553 g/mol. The third-order valence-electron chi connectivity index (χ3n) is 7.78. The number of rotatable bonds is 9. The van der Waals surface area contributed by atoms with Crippen LogP contribution in [0, 0.1) is 5.92 Å². The smallest absolute Gasteiger partial charge is 0.335 e. The van der Waals surface area contributed by atoms with Gasteiger partial charge in [-0.1, -0.05) is 60.5 Å². The van der Waals surface area contributed by atoms with E-state index in [9.17, 15) is 9.59 Å². The molecule has 2 aliphatic rings. The van der Waals surface area contributed by atoms with Gasteiger partial charge < -0.3 is 17.7 Å². The van der Waals surface area contributed by atoms with Crippen molar-refractivity contribution in [1.82, 2.24) is 9.55 Å². The van der Waals surface area contributed by atoms with Crippen molar-refractivity contribution >= 4 is 17.1 Å². The Bertz CT molecular complexity index is 1070. The first-order valence-corrected chi connectivity index (χ1v) is 17.3. The van der Waals surface area contributed by atoms with Crippen LogP contribution in [-0.2, 0) is 17.7 Å². The Kier molecular flexibility index (Phi) is 9.65. The lowest BCUT2D eigenvalue weighted by atomic mass is 9.94.